The first-order valence-electron chi connectivity index (χ1n) is 4.82. The van der Waals surface area contributed by atoms with Gasteiger partial charge in [-0.05, 0) is 0 Å². The number of hydrogen-bond donors (Lipinski definition) is 0. The summed E-state index contributed by atoms with van der Waals surface area (Å²) in [5.74, 6) is 0. The molecule has 0 heterocycles. The zero-order valence-electron chi connectivity index (χ0n) is 8.69. The fourth-order valence-corrected chi connectivity index (χ4v) is 1.87. The largest absolute Gasteiger partial charge is 2.00 e. The van der Waals surface area contributed by atoms with Crippen molar-refractivity contribution in [3.05, 3.63) is 35.4 Å². The van der Waals surface area contributed by atoms with Crippen LogP contribution in [0.3, 0.4) is 0 Å². The normalized spacial score (nSPS) is 13.7. The van der Waals surface area contributed by atoms with E-state index in [0.29, 0.717) is 0 Å². The summed E-state index contributed by atoms with van der Waals surface area (Å²) in [5.41, 5.74) is 4.68. The second-order valence-electron chi connectivity index (χ2n) is 3.29. The van der Waals surface area contributed by atoms with Crippen LogP contribution in [0.1, 0.15) is 29.5 Å². The molecule has 1 aliphatic carbocycles. The Morgan fingerprint density at radius 2 is 1.92 bits per heavy atom. The van der Waals surface area contributed by atoms with Crippen LogP contribution in [0.5, 0.6) is 0 Å². The Hall–Kier alpha value is 0.281. The first-order chi connectivity index (χ1) is 5.86. The molecule has 1 aromatic rings. The van der Waals surface area contributed by atoms with E-state index in [-0.39, 0.29) is 21.7 Å². The second-order valence-corrected chi connectivity index (χ2v) is 3.29. The molecule has 0 N–H and O–H groups in total. The molecule has 1 aliphatic rings. The van der Waals surface area contributed by atoms with Gasteiger partial charge in [-0.25, -0.2) is 6.07 Å². The van der Waals surface area contributed by atoms with Gasteiger partial charge in [-0.3, -0.25) is 0 Å². The maximum Gasteiger partial charge on any atom is 2.00 e. The van der Waals surface area contributed by atoms with Gasteiger partial charge in [0.1, 0.15) is 0 Å². The van der Waals surface area contributed by atoms with E-state index in [0.717, 1.165) is 10.2 Å². The molecule has 0 spiro atoms. The van der Waals surface area contributed by atoms with E-state index in [9.17, 15) is 0 Å². The van der Waals surface area contributed by atoms with Crippen LogP contribution in [0.15, 0.2) is 12.1 Å². The quantitative estimate of drug-likeness (QED) is 0.467. The minimum absolute atomic E-state index is 0. The van der Waals surface area contributed by atoms with Gasteiger partial charge >= 0.3 is 21.7 Å². The van der Waals surface area contributed by atoms with Gasteiger partial charge in [0.05, 0.1) is 0 Å². The monoisotopic (exact) mass is 226 g/mol. The summed E-state index contributed by atoms with van der Waals surface area (Å²) >= 11 is 0. The summed E-state index contributed by atoms with van der Waals surface area (Å²) in [4.78, 5) is 0. The fourth-order valence-electron chi connectivity index (χ4n) is 1.87. The van der Waals surface area contributed by atoms with E-state index in [2.05, 4.69) is 25.6 Å². The molecule has 0 saturated heterocycles. The van der Waals surface area contributed by atoms with Crippen LogP contribution in [0.25, 0.3) is 0 Å². The summed E-state index contributed by atoms with van der Waals surface area (Å²) in [6.45, 7) is 5.58. The van der Waals surface area contributed by atoms with Crippen LogP contribution in [0, 0.1) is 13.5 Å². The molecule has 0 nitrogen and oxygen atoms in total. The molecule has 2 rings (SSSR count). The molecule has 0 radical (unpaired) electrons. The summed E-state index contributed by atoms with van der Waals surface area (Å²) in [7, 11) is 1.06. The van der Waals surface area contributed by atoms with Crippen LogP contribution >= 0.6 is 0 Å². The fraction of sp³-hybridized carbons (Fsp3) is 0.455. The molecule has 0 atom stereocenters. The number of rotatable bonds is 0. The molecular formula is C11H18SiTi. The van der Waals surface area contributed by atoms with Crippen molar-refractivity contribution in [1.29, 1.82) is 0 Å². The molecule has 0 aromatic heterocycles. The molecular weight excluding hydrogens is 208 g/mol. The third-order valence-corrected chi connectivity index (χ3v) is 2.36. The average molecular weight is 226 g/mol. The number of aryl methyl sites for hydroxylation is 3. The van der Waals surface area contributed by atoms with Crippen molar-refractivity contribution < 1.29 is 21.7 Å². The third-order valence-electron chi connectivity index (χ3n) is 2.36. The molecule has 0 unspecified atom stereocenters. The van der Waals surface area contributed by atoms with Crippen molar-refractivity contribution in [2.24, 2.45) is 0 Å². The Labute approximate surface area is 99.8 Å². The molecule has 1 aromatic carbocycles. The Kier molecular flexibility index (Phi) is 6.84. The van der Waals surface area contributed by atoms with Crippen molar-refractivity contribution >= 4 is 10.2 Å². The molecule has 0 saturated carbocycles. The van der Waals surface area contributed by atoms with Gasteiger partial charge in [0.15, 0.2) is 0 Å². The van der Waals surface area contributed by atoms with Crippen LogP contribution in [0.2, 0.25) is 0 Å². The maximum atomic E-state index is 3.39. The van der Waals surface area contributed by atoms with E-state index in [4.69, 9.17) is 0 Å². The van der Waals surface area contributed by atoms with E-state index < -0.39 is 0 Å². The van der Waals surface area contributed by atoms with Crippen molar-refractivity contribution in [3.63, 3.8) is 0 Å². The Morgan fingerprint density at radius 3 is 2.54 bits per heavy atom. The van der Waals surface area contributed by atoms with Crippen molar-refractivity contribution in [2.75, 3.05) is 0 Å². The number of hydrogen-bond acceptors (Lipinski definition) is 0. The third kappa shape index (κ3) is 3.49. The summed E-state index contributed by atoms with van der Waals surface area (Å²) in [6.07, 6.45) is 5.44. The molecule has 0 aliphatic heterocycles. The van der Waals surface area contributed by atoms with Crippen LogP contribution in [-0.2, 0) is 34.6 Å². The maximum absolute atomic E-state index is 3.39. The van der Waals surface area contributed by atoms with Gasteiger partial charge < -0.3 is 6.55 Å². The molecule has 0 fully saturated rings. The minimum Gasteiger partial charge on any atom is -0.351 e. The van der Waals surface area contributed by atoms with Gasteiger partial charge in [-0.1, -0.05) is 32.6 Å². The van der Waals surface area contributed by atoms with Crippen LogP contribution in [-0.4, -0.2) is 10.2 Å². The topological polar surface area (TPSA) is 0 Å². The van der Waals surface area contributed by atoms with Crippen molar-refractivity contribution in [1.82, 2.24) is 0 Å². The van der Waals surface area contributed by atoms with Crippen LogP contribution in [0.4, 0.5) is 0 Å². The number of fused-ring (bicyclic) bond motifs is 1. The van der Waals surface area contributed by atoms with Gasteiger partial charge in [-0.15, -0.1) is 10.2 Å². The standard InChI is InChI=1S/C10H13.CH5Si.Ti/c1-8-6-9-4-2-3-5-10(9)7-8;1-2;/h6-7H,2-5H2,1H3;1H2,2H3;/q2*-1;+2. The molecule has 0 amide bonds. The summed E-state index contributed by atoms with van der Waals surface area (Å²) in [5, 5.41) is 0. The van der Waals surface area contributed by atoms with Crippen molar-refractivity contribution in [3.8, 4) is 0 Å². The van der Waals surface area contributed by atoms with Gasteiger partial charge in [-0.2, -0.15) is 22.8 Å². The zero-order valence-corrected chi connectivity index (χ0v) is 12.3. The van der Waals surface area contributed by atoms with E-state index in [1.807, 2.05) is 0 Å². The van der Waals surface area contributed by atoms with E-state index >= 15 is 0 Å². The minimum atomic E-state index is 0. The SMILES string of the molecule is Cc1cc2c([cH-]1)CCCC2.[CH2-][SiH3].[Ti+2]. The van der Waals surface area contributed by atoms with Gasteiger partial charge in [0.25, 0.3) is 0 Å². The van der Waals surface area contributed by atoms with Crippen LogP contribution < -0.4 is 0 Å². The Morgan fingerprint density at radius 1 is 1.31 bits per heavy atom. The predicted octanol–water partition coefficient (Wildman–Crippen LogP) is 1.73. The van der Waals surface area contributed by atoms with Crippen molar-refractivity contribution in [2.45, 2.75) is 32.6 Å². The Bertz CT molecular complexity index is 217. The molecule has 70 valence electrons. The first-order valence-corrected chi connectivity index (χ1v) is 6.23. The first kappa shape index (κ1) is 13.3. The van der Waals surface area contributed by atoms with E-state index in [1.54, 1.807) is 11.1 Å². The smallest absolute Gasteiger partial charge is 0.351 e. The molecule has 2 heteroatoms. The summed E-state index contributed by atoms with van der Waals surface area (Å²) in [6, 6.07) is 4.68. The second kappa shape index (κ2) is 6.69. The Balaban J connectivity index is 0.000000451. The van der Waals surface area contributed by atoms with E-state index in [1.165, 1.54) is 31.2 Å². The summed E-state index contributed by atoms with van der Waals surface area (Å²) < 4.78 is 0. The zero-order chi connectivity index (χ0) is 8.97. The molecule has 13 heavy (non-hydrogen) atoms. The van der Waals surface area contributed by atoms with Gasteiger partial charge in [0.2, 0.25) is 0 Å². The average Bonchev–Trinajstić information content (AvgIpc) is 2.48. The molecule has 0 bridgehead atoms. The predicted molar refractivity (Wildman–Crippen MR) is 58.7 cm³/mol. The van der Waals surface area contributed by atoms with Gasteiger partial charge in [0, 0.05) is 0 Å².